The van der Waals surface area contributed by atoms with Crippen molar-refractivity contribution in [2.45, 2.75) is 38.5 Å². The first-order chi connectivity index (χ1) is 17.7. The number of likely N-dealkylation sites (tertiary alicyclic amines) is 1. The van der Waals surface area contributed by atoms with Crippen LogP contribution in [0.3, 0.4) is 0 Å². The van der Waals surface area contributed by atoms with Gasteiger partial charge in [0.25, 0.3) is 0 Å². The van der Waals surface area contributed by atoms with Crippen molar-refractivity contribution in [2.24, 2.45) is 0 Å². The highest BCUT2D eigenvalue weighted by Gasteiger charge is 2.33. The van der Waals surface area contributed by atoms with Gasteiger partial charge in [-0.3, -0.25) is 14.5 Å². The molecule has 0 bridgehead atoms. The molecule has 0 unspecified atom stereocenters. The Balaban J connectivity index is 1.31. The van der Waals surface area contributed by atoms with E-state index in [1.807, 2.05) is 11.9 Å². The minimum atomic E-state index is -0.581. The second-order valence-corrected chi connectivity index (χ2v) is 9.15. The molecule has 1 aromatic heterocycles. The van der Waals surface area contributed by atoms with Crippen LogP contribution in [0.2, 0.25) is 0 Å². The molecular formula is C26H31FN4O6. The quantitative estimate of drug-likeness (QED) is 0.520. The van der Waals surface area contributed by atoms with E-state index < -0.39 is 18.0 Å². The minimum absolute atomic E-state index is 0.0457. The molecule has 0 aliphatic carbocycles. The average molecular weight is 515 g/mol. The largest absolute Gasteiger partial charge is 0.459 e. The van der Waals surface area contributed by atoms with E-state index in [-0.39, 0.29) is 37.6 Å². The number of hydrogen-bond donors (Lipinski definition) is 2. The molecule has 0 spiro atoms. The number of nitrogens with one attached hydrogen (secondary N) is 1. The highest BCUT2D eigenvalue weighted by molar-refractivity contribution is 5.91. The molecule has 3 heterocycles. The smallest absolute Gasteiger partial charge is 0.414 e. The number of piperidine rings is 1. The molecule has 0 saturated carbocycles. The summed E-state index contributed by atoms with van der Waals surface area (Å²) in [5.74, 6) is 0.123. The Bertz CT molecular complexity index is 1170. The molecule has 2 N–H and O–H groups in total. The molecule has 1 aromatic carbocycles. The van der Waals surface area contributed by atoms with E-state index in [1.165, 1.54) is 24.0 Å². The van der Waals surface area contributed by atoms with Gasteiger partial charge < -0.3 is 29.4 Å². The third kappa shape index (κ3) is 6.29. The van der Waals surface area contributed by atoms with Gasteiger partial charge in [0, 0.05) is 39.2 Å². The van der Waals surface area contributed by atoms with Gasteiger partial charge in [-0.1, -0.05) is 0 Å². The second kappa shape index (κ2) is 11.5. The Labute approximate surface area is 214 Å². The predicted molar refractivity (Wildman–Crippen MR) is 134 cm³/mol. The summed E-state index contributed by atoms with van der Waals surface area (Å²) in [6.07, 6.45) is 3.30. The van der Waals surface area contributed by atoms with Crippen molar-refractivity contribution < 1.29 is 33.0 Å². The van der Waals surface area contributed by atoms with Crippen LogP contribution in [0.25, 0.3) is 6.08 Å². The normalized spacial score (nSPS) is 18.4. The summed E-state index contributed by atoms with van der Waals surface area (Å²) in [5.41, 5.74) is 0.799. The SMILES string of the molecule is CC(=O)NC[C@H]1CN(c2ccc(N(C)C3CCN(C(=O)/C=C/c4ccc(CO)o4)CC3)c(F)c2)C(=O)O1. The number of cyclic esters (lactones) is 1. The average Bonchev–Trinajstić information content (AvgIpc) is 3.51. The molecule has 11 heteroatoms. The van der Waals surface area contributed by atoms with Crippen LogP contribution in [-0.2, 0) is 20.9 Å². The number of carbonyl (C=O) groups excluding carboxylic acids is 3. The molecule has 1 atom stereocenters. The number of anilines is 2. The molecule has 2 aliphatic rings. The summed E-state index contributed by atoms with van der Waals surface area (Å²) < 4.78 is 25.7. The van der Waals surface area contributed by atoms with Crippen molar-refractivity contribution in [3.8, 4) is 0 Å². The predicted octanol–water partition coefficient (Wildman–Crippen LogP) is 2.51. The lowest BCUT2D eigenvalue weighted by molar-refractivity contribution is -0.127. The molecule has 198 valence electrons. The number of hydrogen-bond acceptors (Lipinski definition) is 7. The van der Waals surface area contributed by atoms with Gasteiger partial charge in [0.05, 0.1) is 24.5 Å². The summed E-state index contributed by atoms with van der Waals surface area (Å²) in [4.78, 5) is 40.9. The molecule has 10 nitrogen and oxygen atoms in total. The van der Waals surface area contributed by atoms with Crippen molar-refractivity contribution in [1.29, 1.82) is 0 Å². The van der Waals surface area contributed by atoms with E-state index in [1.54, 1.807) is 35.2 Å². The lowest BCUT2D eigenvalue weighted by Gasteiger charge is -2.37. The topological polar surface area (TPSA) is 116 Å². The number of carbonyl (C=O) groups is 3. The monoisotopic (exact) mass is 514 g/mol. The number of nitrogens with zero attached hydrogens (tertiary/aromatic N) is 3. The van der Waals surface area contributed by atoms with Crippen LogP contribution in [0.4, 0.5) is 20.6 Å². The third-order valence-electron chi connectivity index (χ3n) is 6.63. The Morgan fingerprint density at radius 1 is 1.24 bits per heavy atom. The van der Waals surface area contributed by atoms with Gasteiger partial charge in [-0.2, -0.15) is 0 Å². The van der Waals surface area contributed by atoms with E-state index in [4.69, 9.17) is 14.3 Å². The number of halogens is 1. The Morgan fingerprint density at radius 3 is 2.65 bits per heavy atom. The van der Waals surface area contributed by atoms with E-state index in [2.05, 4.69) is 5.32 Å². The highest BCUT2D eigenvalue weighted by atomic mass is 19.1. The molecule has 2 fully saturated rings. The minimum Gasteiger partial charge on any atom is -0.459 e. The highest BCUT2D eigenvalue weighted by Crippen LogP contribution is 2.30. The fourth-order valence-electron chi connectivity index (χ4n) is 4.54. The van der Waals surface area contributed by atoms with Gasteiger partial charge in [0.1, 0.15) is 30.0 Å². The Morgan fingerprint density at radius 2 is 2.00 bits per heavy atom. The molecule has 3 amide bonds. The molecule has 37 heavy (non-hydrogen) atoms. The molecule has 4 rings (SSSR count). The summed E-state index contributed by atoms with van der Waals surface area (Å²) in [7, 11) is 1.82. The summed E-state index contributed by atoms with van der Waals surface area (Å²) in [6.45, 7) is 2.68. The first-order valence-electron chi connectivity index (χ1n) is 12.2. The summed E-state index contributed by atoms with van der Waals surface area (Å²) >= 11 is 0. The fourth-order valence-corrected chi connectivity index (χ4v) is 4.54. The fraction of sp³-hybridized carbons (Fsp3) is 0.423. The zero-order valence-electron chi connectivity index (χ0n) is 20.9. The van der Waals surface area contributed by atoms with Crippen LogP contribution in [0.1, 0.15) is 31.3 Å². The van der Waals surface area contributed by atoms with Gasteiger partial charge in [0.2, 0.25) is 11.8 Å². The van der Waals surface area contributed by atoms with Crippen LogP contribution in [-0.4, -0.2) is 73.3 Å². The number of ether oxygens (including phenoxy) is 1. The zero-order chi connectivity index (χ0) is 26.5. The first-order valence-corrected chi connectivity index (χ1v) is 12.2. The Kier molecular flexibility index (Phi) is 8.12. The third-order valence-corrected chi connectivity index (χ3v) is 6.63. The van der Waals surface area contributed by atoms with Crippen molar-refractivity contribution >= 4 is 35.4 Å². The van der Waals surface area contributed by atoms with Gasteiger partial charge >= 0.3 is 6.09 Å². The van der Waals surface area contributed by atoms with Crippen LogP contribution >= 0.6 is 0 Å². The maximum atomic E-state index is 15.1. The molecule has 2 aliphatic heterocycles. The number of rotatable bonds is 8. The second-order valence-electron chi connectivity index (χ2n) is 9.15. The van der Waals surface area contributed by atoms with Gasteiger partial charge in [-0.15, -0.1) is 0 Å². The van der Waals surface area contributed by atoms with Crippen LogP contribution < -0.4 is 15.1 Å². The maximum Gasteiger partial charge on any atom is 0.414 e. The van der Waals surface area contributed by atoms with Gasteiger partial charge in [0.15, 0.2) is 0 Å². The maximum absolute atomic E-state index is 15.1. The Hall–Kier alpha value is -3.86. The van der Waals surface area contributed by atoms with Crippen molar-refractivity contribution in [1.82, 2.24) is 10.2 Å². The number of amides is 3. The van der Waals surface area contributed by atoms with Crippen molar-refractivity contribution in [3.05, 3.63) is 53.7 Å². The van der Waals surface area contributed by atoms with Crippen LogP contribution in [0, 0.1) is 5.82 Å². The number of furan rings is 1. The molecule has 2 aromatic rings. The standard InChI is InChI=1S/C26H31FN4O6/c1-17(33)28-14-22-15-31(26(35)37-22)19-3-7-24(23(27)13-19)29(2)18-9-11-30(12-10-18)25(34)8-6-20-4-5-21(16-32)36-20/h3-8,13,18,22,32H,9-12,14-16H2,1-2H3,(H,28,33)/b8-6+/t22-/m0/s1. The van der Waals surface area contributed by atoms with Crippen LogP contribution in [0.15, 0.2) is 40.8 Å². The lowest BCUT2D eigenvalue weighted by Crippen LogP contribution is -2.45. The van der Waals surface area contributed by atoms with E-state index >= 15 is 4.39 Å². The zero-order valence-corrected chi connectivity index (χ0v) is 20.9. The van der Waals surface area contributed by atoms with E-state index in [9.17, 15) is 14.4 Å². The molecular weight excluding hydrogens is 483 g/mol. The van der Waals surface area contributed by atoms with E-state index in [0.717, 1.165) is 0 Å². The van der Waals surface area contributed by atoms with Crippen LogP contribution in [0.5, 0.6) is 0 Å². The van der Waals surface area contributed by atoms with E-state index in [0.29, 0.717) is 48.8 Å². The van der Waals surface area contributed by atoms with Crippen molar-refractivity contribution in [2.75, 3.05) is 43.0 Å². The summed E-state index contributed by atoms with van der Waals surface area (Å²) in [6, 6.07) is 8.02. The lowest BCUT2D eigenvalue weighted by atomic mass is 10.0. The molecule has 2 saturated heterocycles. The van der Waals surface area contributed by atoms with Crippen molar-refractivity contribution in [3.63, 3.8) is 0 Å². The number of aliphatic hydroxyl groups is 1. The van der Waals surface area contributed by atoms with Gasteiger partial charge in [-0.25, -0.2) is 9.18 Å². The molecule has 0 radical (unpaired) electrons. The number of benzene rings is 1. The first kappa shape index (κ1) is 26.2. The summed E-state index contributed by atoms with van der Waals surface area (Å²) in [5, 5.41) is 11.7. The van der Waals surface area contributed by atoms with Gasteiger partial charge in [-0.05, 0) is 49.2 Å². The number of aliphatic hydroxyl groups excluding tert-OH is 1.